The molecule has 0 atom stereocenters. The molecular weight excluding hydrogens is 244 g/mol. The van der Waals surface area contributed by atoms with Gasteiger partial charge >= 0.3 is 0 Å². The lowest BCUT2D eigenvalue weighted by Crippen LogP contribution is -2.35. The van der Waals surface area contributed by atoms with E-state index in [4.69, 9.17) is 0 Å². The van der Waals surface area contributed by atoms with Gasteiger partial charge < -0.3 is 0 Å². The molecule has 0 bridgehead atoms. The Morgan fingerprint density at radius 3 is 1.74 bits per heavy atom. The first-order valence-corrected chi connectivity index (χ1v) is 11.3. The minimum Gasteiger partial charge on any atom is -0.131 e. The smallest absolute Gasteiger partial charge is 0.131 e. The van der Waals surface area contributed by atoms with Crippen molar-refractivity contribution in [3.63, 3.8) is 0 Å². The zero-order chi connectivity index (χ0) is 14.8. The van der Waals surface area contributed by atoms with Crippen LogP contribution in [0.5, 0.6) is 0 Å². The van der Waals surface area contributed by atoms with Gasteiger partial charge in [0.1, 0.15) is 8.07 Å². The number of rotatable bonds is 8. The molecule has 0 nitrogen and oxygen atoms in total. The molecule has 0 aromatic rings. The zero-order valence-electron chi connectivity index (χ0n) is 14.4. The second kappa shape index (κ2) is 9.64. The molecule has 112 valence electrons. The maximum atomic E-state index is 3.61. The summed E-state index contributed by atoms with van der Waals surface area (Å²) in [6.45, 7) is 14.1. The Kier molecular flexibility index (Phi) is 9.53. The predicted molar refractivity (Wildman–Crippen MR) is 92.2 cm³/mol. The van der Waals surface area contributed by atoms with Gasteiger partial charge in [0.25, 0.3) is 0 Å². The van der Waals surface area contributed by atoms with E-state index >= 15 is 0 Å². The minimum atomic E-state index is -1.36. The highest BCUT2D eigenvalue weighted by atomic mass is 28.3. The molecule has 0 amide bonds. The van der Waals surface area contributed by atoms with Crippen LogP contribution in [0, 0.1) is 11.5 Å². The third-order valence-electron chi connectivity index (χ3n) is 4.43. The normalized spacial score (nSPS) is 12.1. The van der Waals surface area contributed by atoms with Crippen molar-refractivity contribution < 1.29 is 0 Å². The second-order valence-electron chi connectivity index (χ2n) is 7.40. The molecule has 0 N–H and O–H groups in total. The SMILES string of the molecule is CCCCCCCCCCC#C[Si](C)(C)C(C)(C)C. The van der Waals surface area contributed by atoms with E-state index in [9.17, 15) is 0 Å². The van der Waals surface area contributed by atoms with Gasteiger partial charge in [-0.3, -0.25) is 0 Å². The van der Waals surface area contributed by atoms with E-state index in [1.165, 1.54) is 51.4 Å². The molecule has 19 heavy (non-hydrogen) atoms. The summed E-state index contributed by atoms with van der Waals surface area (Å²) in [4.78, 5) is 0. The lowest BCUT2D eigenvalue weighted by atomic mass is 10.1. The number of hydrogen-bond acceptors (Lipinski definition) is 0. The van der Waals surface area contributed by atoms with Gasteiger partial charge in [-0.25, -0.2) is 0 Å². The van der Waals surface area contributed by atoms with Crippen molar-refractivity contribution in [1.82, 2.24) is 0 Å². The molecule has 0 rings (SSSR count). The molecule has 0 fully saturated rings. The molecule has 0 aliphatic carbocycles. The van der Waals surface area contributed by atoms with Gasteiger partial charge in [-0.15, -0.1) is 11.5 Å². The van der Waals surface area contributed by atoms with Crippen LogP contribution in [-0.4, -0.2) is 8.07 Å². The van der Waals surface area contributed by atoms with Crippen LogP contribution in [0.1, 0.15) is 85.5 Å². The Morgan fingerprint density at radius 2 is 1.26 bits per heavy atom. The molecule has 1 heteroatoms. The molecule has 0 saturated carbocycles. The number of unbranched alkanes of at least 4 members (excludes halogenated alkanes) is 8. The van der Waals surface area contributed by atoms with Gasteiger partial charge in [0.15, 0.2) is 0 Å². The summed E-state index contributed by atoms with van der Waals surface area (Å²) >= 11 is 0. The van der Waals surface area contributed by atoms with E-state index in [1.54, 1.807) is 0 Å². The van der Waals surface area contributed by atoms with Crippen molar-refractivity contribution in [2.75, 3.05) is 0 Å². The lowest BCUT2D eigenvalue weighted by Gasteiger charge is -2.31. The molecule has 0 unspecified atom stereocenters. The van der Waals surface area contributed by atoms with Gasteiger partial charge in [0.05, 0.1) is 0 Å². The van der Waals surface area contributed by atoms with Crippen molar-refractivity contribution in [3.8, 4) is 11.5 Å². The van der Waals surface area contributed by atoms with Crippen molar-refractivity contribution in [1.29, 1.82) is 0 Å². The molecule has 0 aromatic carbocycles. The summed E-state index contributed by atoms with van der Waals surface area (Å²) in [5.41, 5.74) is 3.61. The molecule has 0 aliphatic heterocycles. The largest absolute Gasteiger partial charge is 0.137 e. The summed E-state index contributed by atoms with van der Waals surface area (Å²) in [7, 11) is -1.36. The van der Waals surface area contributed by atoms with Gasteiger partial charge in [-0.2, -0.15) is 0 Å². The van der Waals surface area contributed by atoms with Gasteiger partial charge in [-0.1, -0.05) is 85.7 Å². The standard InChI is InChI=1S/C18H36Si/c1-7-8-9-10-11-12-13-14-15-16-17-19(5,6)18(2,3)4/h7-15H2,1-6H3. The van der Waals surface area contributed by atoms with Crippen LogP contribution in [0.15, 0.2) is 0 Å². The molecule has 0 aliphatic rings. The quantitative estimate of drug-likeness (QED) is 0.268. The summed E-state index contributed by atoms with van der Waals surface area (Å²) in [6.07, 6.45) is 12.3. The Labute approximate surface area is 123 Å². The van der Waals surface area contributed by atoms with E-state index in [0.717, 1.165) is 6.42 Å². The highest BCUT2D eigenvalue weighted by Gasteiger charge is 2.33. The van der Waals surface area contributed by atoms with Crippen LogP contribution in [0.3, 0.4) is 0 Å². The molecule has 0 spiro atoms. The van der Waals surface area contributed by atoms with Crippen molar-refractivity contribution in [2.24, 2.45) is 0 Å². The Bertz CT molecular complexity index is 272. The van der Waals surface area contributed by atoms with Crippen LogP contribution >= 0.6 is 0 Å². The van der Waals surface area contributed by atoms with Crippen molar-refractivity contribution in [3.05, 3.63) is 0 Å². The summed E-state index contributed by atoms with van der Waals surface area (Å²) < 4.78 is 0. The highest BCUT2D eigenvalue weighted by molar-refractivity contribution is 6.87. The molecule has 0 radical (unpaired) electrons. The van der Waals surface area contributed by atoms with Crippen LogP contribution < -0.4 is 0 Å². The first-order chi connectivity index (χ1) is 8.81. The lowest BCUT2D eigenvalue weighted by molar-refractivity contribution is 0.579. The van der Waals surface area contributed by atoms with E-state index < -0.39 is 8.07 Å². The summed E-state index contributed by atoms with van der Waals surface area (Å²) in [5, 5.41) is 0.402. The fourth-order valence-corrected chi connectivity index (χ4v) is 2.76. The fraction of sp³-hybridized carbons (Fsp3) is 0.889. The molecule has 0 aromatic heterocycles. The summed E-state index contributed by atoms with van der Waals surface area (Å²) in [6, 6.07) is 0. The average molecular weight is 281 g/mol. The first-order valence-electron chi connectivity index (χ1n) is 8.31. The Morgan fingerprint density at radius 1 is 0.789 bits per heavy atom. The van der Waals surface area contributed by atoms with Gasteiger partial charge in [-0.05, 0) is 11.5 Å². The molecular formula is C18H36Si. The second-order valence-corrected chi connectivity index (χ2v) is 12.4. The van der Waals surface area contributed by atoms with E-state index in [1.807, 2.05) is 0 Å². The monoisotopic (exact) mass is 280 g/mol. The Balaban J connectivity index is 3.60. The topological polar surface area (TPSA) is 0 Å². The van der Waals surface area contributed by atoms with Crippen LogP contribution in [0.4, 0.5) is 0 Å². The third-order valence-corrected chi connectivity index (χ3v) is 8.98. The van der Waals surface area contributed by atoms with Crippen LogP contribution in [-0.2, 0) is 0 Å². The fourth-order valence-electron chi connectivity index (χ4n) is 1.82. The van der Waals surface area contributed by atoms with E-state index in [-0.39, 0.29) is 0 Å². The average Bonchev–Trinajstić information content (AvgIpc) is 2.30. The maximum Gasteiger partial charge on any atom is 0.137 e. The van der Waals surface area contributed by atoms with Gasteiger partial charge in [0, 0.05) is 6.42 Å². The van der Waals surface area contributed by atoms with E-state index in [2.05, 4.69) is 52.3 Å². The van der Waals surface area contributed by atoms with E-state index in [0.29, 0.717) is 5.04 Å². The highest BCUT2D eigenvalue weighted by Crippen LogP contribution is 2.35. The van der Waals surface area contributed by atoms with Crippen LogP contribution in [0.25, 0.3) is 0 Å². The van der Waals surface area contributed by atoms with Crippen molar-refractivity contribution >= 4 is 8.07 Å². The molecule has 0 heterocycles. The summed E-state index contributed by atoms with van der Waals surface area (Å²) in [5.74, 6) is 3.46. The minimum absolute atomic E-state index is 0.402. The first kappa shape index (κ1) is 18.8. The predicted octanol–water partition coefficient (Wildman–Crippen LogP) is 6.57. The van der Waals surface area contributed by atoms with Crippen molar-refractivity contribution in [2.45, 2.75) is 104 Å². The van der Waals surface area contributed by atoms with Gasteiger partial charge in [0.2, 0.25) is 0 Å². The maximum absolute atomic E-state index is 3.61. The van der Waals surface area contributed by atoms with Crippen LogP contribution in [0.2, 0.25) is 18.1 Å². The third kappa shape index (κ3) is 9.33. The number of hydrogen-bond donors (Lipinski definition) is 0. The Hall–Kier alpha value is -0.223. The zero-order valence-corrected chi connectivity index (χ0v) is 15.4. The molecule has 0 saturated heterocycles.